The third-order valence-corrected chi connectivity index (χ3v) is 5.81. The number of hydrogen-bond donors (Lipinski definition) is 1. The first-order chi connectivity index (χ1) is 10.2. The van der Waals surface area contributed by atoms with Crippen molar-refractivity contribution in [2.75, 3.05) is 13.6 Å². The topological polar surface area (TPSA) is 29.3 Å². The van der Waals surface area contributed by atoms with Gasteiger partial charge in [-0.15, -0.1) is 0 Å². The molecule has 0 aromatic heterocycles. The predicted octanol–water partition coefficient (Wildman–Crippen LogP) is 3.66. The van der Waals surface area contributed by atoms with Crippen molar-refractivity contribution in [2.45, 2.75) is 69.9 Å². The Labute approximate surface area is 129 Å². The lowest BCUT2D eigenvalue weighted by Crippen LogP contribution is -2.51. The van der Waals surface area contributed by atoms with Gasteiger partial charge in [0.1, 0.15) is 0 Å². The Morgan fingerprint density at radius 1 is 1.00 bits per heavy atom. The van der Waals surface area contributed by atoms with Crippen molar-refractivity contribution >= 4 is 0 Å². The normalized spacial score (nSPS) is 21.3. The highest BCUT2D eigenvalue weighted by molar-refractivity contribution is 5.35. The fourth-order valence-corrected chi connectivity index (χ4v) is 4.29. The smallest absolute Gasteiger partial charge is 0.0332 e. The molecule has 0 spiro atoms. The number of hydrogen-bond acceptors (Lipinski definition) is 2. The van der Waals surface area contributed by atoms with Gasteiger partial charge in [0.2, 0.25) is 0 Å². The van der Waals surface area contributed by atoms with Crippen molar-refractivity contribution in [1.29, 1.82) is 0 Å². The van der Waals surface area contributed by atoms with E-state index in [1.807, 2.05) is 0 Å². The van der Waals surface area contributed by atoms with E-state index < -0.39 is 0 Å². The highest BCUT2D eigenvalue weighted by Gasteiger charge is 2.33. The van der Waals surface area contributed by atoms with Crippen LogP contribution in [0.4, 0.5) is 0 Å². The first-order valence-electron chi connectivity index (χ1n) is 8.75. The Kier molecular flexibility index (Phi) is 4.66. The van der Waals surface area contributed by atoms with Gasteiger partial charge in [0.25, 0.3) is 0 Å². The van der Waals surface area contributed by atoms with Crippen molar-refractivity contribution in [3.63, 3.8) is 0 Å². The minimum absolute atomic E-state index is 0.232. The third-order valence-electron chi connectivity index (χ3n) is 5.81. The van der Waals surface area contributed by atoms with Crippen molar-refractivity contribution in [3.8, 4) is 0 Å². The van der Waals surface area contributed by atoms with E-state index in [-0.39, 0.29) is 5.54 Å². The second-order valence-electron chi connectivity index (χ2n) is 7.16. The summed E-state index contributed by atoms with van der Waals surface area (Å²) < 4.78 is 0. The molecule has 2 aliphatic carbocycles. The Balaban J connectivity index is 1.73. The van der Waals surface area contributed by atoms with Gasteiger partial charge in [-0.3, -0.25) is 4.90 Å². The number of rotatable bonds is 4. The zero-order chi connectivity index (χ0) is 14.7. The lowest BCUT2D eigenvalue weighted by molar-refractivity contribution is 0.0997. The van der Waals surface area contributed by atoms with Crippen LogP contribution >= 0.6 is 0 Å². The fourth-order valence-electron chi connectivity index (χ4n) is 4.29. The molecule has 0 amide bonds. The van der Waals surface area contributed by atoms with E-state index >= 15 is 0 Å². The summed E-state index contributed by atoms with van der Waals surface area (Å²) in [4.78, 5) is 2.55. The average molecular weight is 286 g/mol. The molecule has 1 fully saturated rings. The van der Waals surface area contributed by atoms with Crippen molar-refractivity contribution < 1.29 is 0 Å². The molecule has 0 unspecified atom stereocenters. The highest BCUT2D eigenvalue weighted by Crippen LogP contribution is 2.32. The molecule has 0 heterocycles. The fraction of sp³-hybridized carbons (Fsp3) is 0.684. The second kappa shape index (κ2) is 6.50. The summed E-state index contributed by atoms with van der Waals surface area (Å²) in [6.07, 6.45) is 11.9. The average Bonchev–Trinajstić information content (AvgIpc) is 2.82. The molecule has 0 radical (unpaired) electrons. The minimum Gasteiger partial charge on any atom is -0.329 e. The summed E-state index contributed by atoms with van der Waals surface area (Å²) in [7, 11) is 2.28. The molecule has 0 bridgehead atoms. The van der Waals surface area contributed by atoms with Crippen LogP contribution in [0.2, 0.25) is 0 Å². The monoisotopic (exact) mass is 286 g/mol. The van der Waals surface area contributed by atoms with E-state index in [1.165, 1.54) is 63.4 Å². The standard InChI is InChI=1S/C19H30N2/c1-21(19(15-20)11-4-2-3-5-12-19)14-16-9-10-17-7-6-8-18(17)13-16/h9-10,13H,2-8,11-12,14-15,20H2,1H3. The maximum absolute atomic E-state index is 6.21. The summed E-state index contributed by atoms with van der Waals surface area (Å²) in [5.41, 5.74) is 11.1. The summed E-state index contributed by atoms with van der Waals surface area (Å²) in [6, 6.07) is 7.13. The van der Waals surface area contributed by atoms with Gasteiger partial charge < -0.3 is 5.73 Å². The second-order valence-corrected chi connectivity index (χ2v) is 7.16. The van der Waals surface area contributed by atoms with E-state index in [0.29, 0.717) is 0 Å². The van der Waals surface area contributed by atoms with Crippen LogP contribution in [-0.4, -0.2) is 24.0 Å². The number of nitrogens with zero attached hydrogens (tertiary/aromatic N) is 1. The van der Waals surface area contributed by atoms with Gasteiger partial charge in [-0.1, -0.05) is 43.9 Å². The van der Waals surface area contributed by atoms with Crippen LogP contribution < -0.4 is 5.73 Å². The summed E-state index contributed by atoms with van der Waals surface area (Å²) >= 11 is 0. The number of benzene rings is 1. The maximum Gasteiger partial charge on any atom is 0.0332 e. The van der Waals surface area contributed by atoms with E-state index in [2.05, 4.69) is 30.1 Å². The van der Waals surface area contributed by atoms with Crippen molar-refractivity contribution in [1.82, 2.24) is 4.90 Å². The Bertz CT molecular complexity index is 472. The Morgan fingerprint density at radius 2 is 1.71 bits per heavy atom. The molecule has 1 aromatic carbocycles. The van der Waals surface area contributed by atoms with Gasteiger partial charge in [-0.25, -0.2) is 0 Å². The largest absolute Gasteiger partial charge is 0.329 e. The Hall–Kier alpha value is -0.860. The van der Waals surface area contributed by atoms with Gasteiger partial charge in [0.15, 0.2) is 0 Å². The first kappa shape index (κ1) is 15.1. The van der Waals surface area contributed by atoms with Crippen LogP contribution in [-0.2, 0) is 19.4 Å². The van der Waals surface area contributed by atoms with Gasteiger partial charge in [0.05, 0.1) is 0 Å². The molecule has 0 aliphatic heterocycles. The molecule has 2 aliphatic rings. The van der Waals surface area contributed by atoms with Crippen LogP contribution in [0, 0.1) is 0 Å². The highest BCUT2D eigenvalue weighted by atomic mass is 15.2. The van der Waals surface area contributed by atoms with Crippen LogP contribution in [0.1, 0.15) is 61.6 Å². The summed E-state index contributed by atoms with van der Waals surface area (Å²) in [5, 5.41) is 0. The minimum atomic E-state index is 0.232. The van der Waals surface area contributed by atoms with Crippen LogP contribution in [0.25, 0.3) is 0 Å². The molecule has 1 aromatic rings. The number of aryl methyl sites for hydroxylation is 2. The molecule has 2 heteroatoms. The van der Waals surface area contributed by atoms with E-state index in [4.69, 9.17) is 5.73 Å². The number of likely N-dealkylation sites (N-methyl/N-ethyl adjacent to an activating group) is 1. The summed E-state index contributed by atoms with van der Waals surface area (Å²) in [6.45, 7) is 1.85. The van der Waals surface area contributed by atoms with E-state index in [0.717, 1.165) is 13.1 Å². The molecule has 21 heavy (non-hydrogen) atoms. The first-order valence-corrected chi connectivity index (χ1v) is 8.75. The molecular formula is C19H30N2. The van der Waals surface area contributed by atoms with Gasteiger partial charge >= 0.3 is 0 Å². The molecular weight excluding hydrogens is 256 g/mol. The predicted molar refractivity (Wildman–Crippen MR) is 89.4 cm³/mol. The van der Waals surface area contributed by atoms with Crippen LogP contribution in [0.5, 0.6) is 0 Å². The molecule has 2 nitrogen and oxygen atoms in total. The quantitative estimate of drug-likeness (QED) is 0.856. The van der Waals surface area contributed by atoms with Crippen LogP contribution in [0.3, 0.4) is 0 Å². The van der Waals surface area contributed by atoms with E-state index in [9.17, 15) is 0 Å². The van der Waals surface area contributed by atoms with Crippen LogP contribution in [0.15, 0.2) is 18.2 Å². The maximum atomic E-state index is 6.21. The lowest BCUT2D eigenvalue weighted by Gasteiger charge is -2.41. The third kappa shape index (κ3) is 3.17. The molecule has 2 N–H and O–H groups in total. The van der Waals surface area contributed by atoms with Crippen molar-refractivity contribution in [2.24, 2.45) is 5.73 Å². The molecule has 3 rings (SSSR count). The Morgan fingerprint density at radius 3 is 2.43 bits per heavy atom. The molecule has 1 saturated carbocycles. The van der Waals surface area contributed by atoms with Crippen molar-refractivity contribution in [3.05, 3.63) is 34.9 Å². The van der Waals surface area contributed by atoms with Gasteiger partial charge in [-0.05, 0) is 55.8 Å². The zero-order valence-corrected chi connectivity index (χ0v) is 13.5. The summed E-state index contributed by atoms with van der Waals surface area (Å²) in [5.74, 6) is 0. The lowest BCUT2D eigenvalue weighted by atomic mass is 9.88. The zero-order valence-electron chi connectivity index (χ0n) is 13.5. The SMILES string of the molecule is CN(Cc1ccc2c(c1)CCC2)C1(CN)CCCCCC1. The number of fused-ring (bicyclic) bond motifs is 1. The van der Waals surface area contributed by atoms with Gasteiger partial charge in [0, 0.05) is 18.6 Å². The van der Waals surface area contributed by atoms with E-state index in [1.54, 1.807) is 11.1 Å². The molecule has 116 valence electrons. The molecule has 0 saturated heterocycles. The molecule has 0 atom stereocenters. The number of nitrogens with two attached hydrogens (primary N) is 1. The van der Waals surface area contributed by atoms with Gasteiger partial charge in [-0.2, -0.15) is 0 Å².